The van der Waals surface area contributed by atoms with Gasteiger partial charge in [-0.15, -0.1) is 0 Å². The number of hydrogen-bond donors (Lipinski definition) is 0. The van der Waals surface area contributed by atoms with E-state index in [0.29, 0.717) is 24.4 Å². The van der Waals surface area contributed by atoms with Gasteiger partial charge in [-0.2, -0.15) is 23.1 Å². The van der Waals surface area contributed by atoms with Crippen LogP contribution in [-0.4, -0.2) is 58.1 Å². The van der Waals surface area contributed by atoms with Gasteiger partial charge in [0.05, 0.1) is 42.3 Å². The zero-order chi connectivity index (χ0) is 29.9. The maximum absolute atomic E-state index is 13.4. The molecule has 0 spiro atoms. The number of nitrogens with zero attached hydrogens (tertiary/aromatic N) is 4. The van der Waals surface area contributed by atoms with Crippen LogP contribution in [0.2, 0.25) is 0 Å². The molecule has 6 bridgehead atoms. The van der Waals surface area contributed by atoms with Gasteiger partial charge in [0, 0.05) is 31.5 Å². The lowest BCUT2D eigenvalue weighted by Crippen LogP contribution is -2.46. The average Bonchev–Trinajstić information content (AvgIpc) is 3.33. The summed E-state index contributed by atoms with van der Waals surface area (Å²) >= 11 is 0. The normalized spacial score (nSPS) is 18.4. The van der Waals surface area contributed by atoms with Crippen molar-refractivity contribution in [2.45, 2.75) is 104 Å². The Hall–Kier alpha value is -2.66. The van der Waals surface area contributed by atoms with Crippen molar-refractivity contribution in [3.63, 3.8) is 0 Å². The predicted octanol–water partition coefficient (Wildman–Crippen LogP) is 6.00. The minimum atomic E-state index is -0.945. The SMILES string of the molecule is CCOC(=O)[C@@H](OC(C)(C)C)c1c(C)nc2cc3nn2c1N1CCC(C)(CC1)OCCCCc1cccc(c1)COC3.S. The van der Waals surface area contributed by atoms with Crippen molar-refractivity contribution in [1.29, 1.82) is 0 Å². The van der Waals surface area contributed by atoms with E-state index in [1.165, 1.54) is 5.56 Å². The maximum Gasteiger partial charge on any atom is 0.340 e. The van der Waals surface area contributed by atoms with Crippen LogP contribution in [-0.2, 0) is 43.4 Å². The Morgan fingerprint density at radius 3 is 2.58 bits per heavy atom. The zero-order valence-electron chi connectivity index (χ0n) is 26.6. The minimum Gasteiger partial charge on any atom is -0.464 e. The number of carbonyl (C=O) groups excluding carboxylic acids is 1. The molecule has 3 aliphatic heterocycles. The molecule has 1 atom stereocenters. The van der Waals surface area contributed by atoms with Crippen LogP contribution in [0, 0.1) is 6.92 Å². The molecular weight excluding hydrogens is 564 g/mol. The predicted molar refractivity (Wildman–Crippen MR) is 172 cm³/mol. The third kappa shape index (κ3) is 8.09. The fourth-order valence-electron chi connectivity index (χ4n) is 5.87. The average molecular weight is 613 g/mol. The van der Waals surface area contributed by atoms with Crippen molar-refractivity contribution in [1.82, 2.24) is 14.6 Å². The lowest BCUT2D eigenvalue weighted by Gasteiger charge is -2.41. The van der Waals surface area contributed by atoms with Gasteiger partial charge in [-0.25, -0.2) is 9.78 Å². The number of esters is 1. The fourth-order valence-corrected chi connectivity index (χ4v) is 5.87. The summed E-state index contributed by atoms with van der Waals surface area (Å²) < 4.78 is 26.4. The van der Waals surface area contributed by atoms with Gasteiger partial charge in [0.1, 0.15) is 5.82 Å². The molecule has 1 fully saturated rings. The summed E-state index contributed by atoms with van der Waals surface area (Å²) in [6, 6.07) is 10.6. The van der Waals surface area contributed by atoms with Gasteiger partial charge in [0.15, 0.2) is 11.8 Å². The van der Waals surface area contributed by atoms with Crippen LogP contribution in [0.3, 0.4) is 0 Å². The molecule has 3 aromatic rings. The van der Waals surface area contributed by atoms with Gasteiger partial charge in [0.25, 0.3) is 0 Å². The van der Waals surface area contributed by atoms with Crippen molar-refractivity contribution >= 4 is 30.9 Å². The number of carbonyl (C=O) groups is 1. The Bertz CT molecular complexity index is 1390. The number of hydrogen-bond acceptors (Lipinski definition) is 8. The number of aromatic nitrogens is 3. The monoisotopic (exact) mass is 612 g/mol. The van der Waals surface area contributed by atoms with Crippen molar-refractivity contribution in [3.05, 3.63) is 58.4 Å². The van der Waals surface area contributed by atoms with E-state index in [1.54, 1.807) is 0 Å². The third-order valence-electron chi connectivity index (χ3n) is 8.03. The van der Waals surface area contributed by atoms with Gasteiger partial charge >= 0.3 is 5.97 Å². The highest BCUT2D eigenvalue weighted by Crippen LogP contribution is 2.38. The molecule has 0 radical (unpaired) electrons. The van der Waals surface area contributed by atoms with Crippen molar-refractivity contribution in [2.24, 2.45) is 0 Å². The first-order valence-electron chi connectivity index (χ1n) is 15.3. The quantitative estimate of drug-likeness (QED) is 0.332. The number of benzene rings is 1. The fraction of sp³-hybridized carbons (Fsp3) is 0.606. The Balaban J connectivity index is 0.00000423. The lowest BCUT2D eigenvalue weighted by molar-refractivity contribution is -0.166. The van der Waals surface area contributed by atoms with Gasteiger partial charge in [0.2, 0.25) is 0 Å². The molecule has 9 nitrogen and oxygen atoms in total. The van der Waals surface area contributed by atoms with Crippen LogP contribution >= 0.6 is 13.5 Å². The Kier molecular flexibility index (Phi) is 10.8. The standard InChI is InChI=1S/C33H46N4O5.H2S/c1-7-40-31(38)29(42-32(3,4)5)28-23(2)34-27-20-26-22-39-21-25-13-10-12-24(19-25)11-8-9-18-41-33(6)14-16-36(17-15-33)30(28)37(27)35-26;/h10,12-13,19-20,29H,7-9,11,14-18,21-22H2,1-6H3;1H2/t29-;/m0./s1. The van der Waals surface area contributed by atoms with Crippen LogP contribution in [0.5, 0.6) is 0 Å². The number of aryl methyl sites for hydroxylation is 2. The van der Waals surface area contributed by atoms with E-state index in [4.69, 9.17) is 29.0 Å². The maximum atomic E-state index is 13.4. The van der Waals surface area contributed by atoms with Gasteiger partial charge in [-0.3, -0.25) is 0 Å². The second-order valence-corrected chi connectivity index (χ2v) is 12.8. The van der Waals surface area contributed by atoms with E-state index in [1.807, 2.05) is 45.2 Å². The van der Waals surface area contributed by atoms with E-state index >= 15 is 0 Å². The summed E-state index contributed by atoms with van der Waals surface area (Å²) in [5, 5.41) is 4.97. The zero-order valence-corrected chi connectivity index (χ0v) is 27.6. The van der Waals surface area contributed by atoms with Crippen LogP contribution in [0.1, 0.15) is 94.5 Å². The first-order valence-corrected chi connectivity index (χ1v) is 15.3. The lowest BCUT2D eigenvalue weighted by atomic mass is 9.92. The number of piperidine rings is 1. The van der Waals surface area contributed by atoms with E-state index < -0.39 is 17.7 Å². The van der Waals surface area contributed by atoms with Gasteiger partial charge in [-0.05, 0) is 84.8 Å². The van der Waals surface area contributed by atoms with Crippen LogP contribution in [0.25, 0.3) is 5.65 Å². The van der Waals surface area contributed by atoms with E-state index in [9.17, 15) is 4.79 Å². The first-order chi connectivity index (χ1) is 20.0. The summed E-state index contributed by atoms with van der Waals surface area (Å²) in [6.45, 7) is 15.2. The van der Waals surface area contributed by atoms with Crippen molar-refractivity contribution < 1.29 is 23.7 Å². The molecular formula is C33H48N4O5S. The molecule has 6 rings (SSSR count). The molecule has 43 heavy (non-hydrogen) atoms. The molecule has 0 N–H and O–H groups in total. The number of rotatable bonds is 4. The second-order valence-electron chi connectivity index (χ2n) is 12.8. The summed E-state index contributed by atoms with van der Waals surface area (Å²) in [5.74, 6) is 0.394. The highest BCUT2D eigenvalue weighted by atomic mass is 32.1. The summed E-state index contributed by atoms with van der Waals surface area (Å²) in [7, 11) is 0. The molecule has 5 heterocycles. The van der Waals surface area contributed by atoms with Crippen molar-refractivity contribution in [3.8, 4) is 0 Å². The summed E-state index contributed by atoms with van der Waals surface area (Å²) in [4.78, 5) is 20.6. The van der Waals surface area contributed by atoms with Crippen LogP contribution in [0.4, 0.5) is 5.82 Å². The molecule has 10 heteroatoms. The first kappa shape index (κ1) is 33.2. The molecule has 0 unspecified atom stereocenters. The van der Waals surface area contributed by atoms with Crippen LogP contribution < -0.4 is 4.90 Å². The van der Waals surface area contributed by atoms with Gasteiger partial charge < -0.3 is 23.8 Å². The van der Waals surface area contributed by atoms with E-state index in [2.05, 4.69) is 36.1 Å². The van der Waals surface area contributed by atoms with Crippen molar-refractivity contribution in [2.75, 3.05) is 31.2 Å². The molecule has 1 aromatic carbocycles. The number of anilines is 1. The molecule has 0 saturated carbocycles. The van der Waals surface area contributed by atoms with E-state index in [0.717, 1.165) is 74.6 Å². The Morgan fingerprint density at radius 2 is 1.86 bits per heavy atom. The molecule has 2 aromatic heterocycles. The molecule has 3 aliphatic rings. The molecule has 1 saturated heterocycles. The number of ether oxygens (including phenoxy) is 4. The molecule has 236 valence electrons. The highest BCUT2D eigenvalue weighted by Gasteiger charge is 2.38. The van der Waals surface area contributed by atoms with Gasteiger partial charge in [-0.1, -0.05) is 24.3 Å². The van der Waals surface area contributed by atoms with Crippen LogP contribution in [0.15, 0.2) is 30.3 Å². The summed E-state index contributed by atoms with van der Waals surface area (Å²) in [5.41, 5.74) is 4.59. The largest absolute Gasteiger partial charge is 0.464 e. The summed E-state index contributed by atoms with van der Waals surface area (Å²) in [6.07, 6.45) is 3.91. The Morgan fingerprint density at radius 1 is 1.12 bits per heavy atom. The number of fused-ring (bicyclic) bond motifs is 8. The molecule has 0 amide bonds. The second kappa shape index (κ2) is 14.0. The van der Waals surface area contributed by atoms with E-state index in [-0.39, 0.29) is 25.7 Å². The minimum absolute atomic E-state index is 0. The third-order valence-corrected chi connectivity index (χ3v) is 8.03. The highest BCUT2D eigenvalue weighted by molar-refractivity contribution is 7.59. The molecule has 0 aliphatic carbocycles. The topological polar surface area (TPSA) is 87.4 Å². The smallest absolute Gasteiger partial charge is 0.340 e. The Labute approximate surface area is 262 Å².